The molecule has 3 fully saturated rings. The Labute approximate surface area is 326 Å². The van der Waals surface area contributed by atoms with Gasteiger partial charge in [0.25, 0.3) is 5.91 Å². The molecule has 1 aromatic carbocycles. The number of likely N-dealkylation sites (tertiary alicyclic amines) is 1. The van der Waals surface area contributed by atoms with Crippen molar-refractivity contribution < 1.29 is 51.0 Å². The summed E-state index contributed by atoms with van der Waals surface area (Å²) in [5.41, 5.74) is -1.95. The van der Waals surface area contributed by atoms with Gasteiger partial charge in [0.15, 0.2) is 5.78 Å². The highest BCUT2D eigenvalue weighted by atomic mass is 32.2. The maximum absolute atomic E-state index is 14.5. The second-order valence-corrected chi connectivity index (χ2v) is 19.0. The van der Waals surface area contributed by atoms with Crippen LogP contribution in [0.1, 0.15) is 91.2 Å². The first-order valence-corrected chi connectivity index (χ1v) is 20.3. The number of benzene rings is 1. The number of hydrogen-bond donors (Lipinski definition) is 3. The number of hydrogen-bond acceptors (Lipinski definition) is 10. The second-order valence-electron chi connectivity index (χ2n) is 17.1. The smallest absolute Gasteiger partial charge is 0.410 e. The first-order chi connectivity index (χ1) is 26.0. The SMILES string of the molecule is C=C[C@@H]1C[C@]1(NC(=O)[C@@H]1CC(OC(=O)N2Cc3cccc(F)c3C2)CN1C(=O)[C@H](CCC(=O)C=CC(C)(C)C)NC(=O)OC(C)(C)C)C(=O)NS(=O)(=O)C1CC1. The lowest BCUT2D eigenvalue weighted by atomic mass is 9.95. The first kappa shape index (κ1) is 42.3. The van der Waals surface area contributed by atoms with E-state index in [2.05, 4.69) is 21.9 Å². The van der Waals surface area contributed by atoms with E-state index < -0.39 is 86.2 Å². The van der Waals surface area contributed by atoms with Crippen molar-refractivity contribution >= 4 is 45.7 Å². The fourth-order valence-electron chi connectivity index (χ4n) is 6.74. The fourth-order valence-corrected chi connectivity index (χ4v) is 8.11. The number of ether oxygens (including phenoxy) is 2. The Bertz CT molecular complexity index is 1920. The average molecular weight is 802 g/mol. The van der Waals surface area contributed by atoms with Crippen LogP contribution in [0.5, 0.6) is 0 Å². The predicted octanol–water partition coefficient (Wildman–Crippen LogP) is 3.76. The van der Waals surface area contributed by atoms with Crippen LogP contribution in [0, 0.1) is 17.2 Å². The van der Waals surface area contributed by atoms with E-state index in [1.54, 1.807) is 32.9 Å². The molecule has 0 spiro atoms. The zero-order valence-electron chi connectivity index (χ0n) is 32.7. The number of halogens is 1. The molecular weight excluding hydrogens is 750 g/mol. The zero-order valence-corrected chi connectivity index (χ0v) is 33.5. The summed E-state index contributed by atoms with van der Waals surface area (Å²) in [7, 11) is -3.97. The lowest BCUT2D eigenvalue weighted by Crippen LogP contribution is -2.58. The molecule has 0 aromatic heterocycles. The van der Waals surface area contributed by atoms with Gasteiger partial charge in [-0.2, -0.15) is 0 Å². The molecule has 3 N–H and O–H groups in total. The third-order valence-corrected chi connectivity index (χ3v) is 11.8. The molecule has 306 valence electrons. The Morgan fingerprint density at radius 1 is 1.07 bits per heavy atom. The highest BCUT2D eigenvalue weighted by Crippen LogP contribution is 2.45. The molecule has 5 amide bonds. The Morgan fingerprint density at radius 2 is 1.77 bits per heavy atom. The zero-order chi connectivity index (χ0) is 41.4. The number of carbonyl (C=O) groups excluding carboxylic acids is 6. The van der Waals surface area contributed by atoms with E-state index in [9.17, 15) is 41.6 Å². The molecule has 2 aliphatic heterocycles. The summed E-state index contributed by atoms with van der Waals surface area (Å²) >= 11 is 0. The van der Waals surface area contributed by atoms with Crippen molar-refractivity contribution in [3.8, 4) is 0 Å². The quantitative estimate of drug-likeness (QED) is 0.195. The van der Waals surface area contributed by atoms with Gasteiger partial charge in [-0.3, -0.25) is 28.8 Å². The van der Waals surface area contributed by atoms with Gasteiger partial charge in [-0.15, -0.1) is 6.58 Å². The number of alkyl carbamates (subject to hydrolysis) is 1. The van der Waals surface area contributed by atoms with Crippen LogP contribution in [-0.4, -0.2) is 95.0 Å². The van der Waals surface area contributed by atoms with E-state index in [1.807, 2.05) is 20.8 Å². The number of sulfonamides is 1. The summed E-state index contributed by atoms with van der Waals surface area (Å²) in [6.07, 6.45) is 2.01. The minimum absolute atomic E-state index is 0.0481. The molecule has 5 rings (SSSR count). The molecule has 4 aliphatic rings. The Hall–Kier alpha value is -4.80. The molecule has 0 bridgehead atoms. The van der Waals surface area contributed by atoms with Gasteiger partial charge < -0.3 is 25.0 Å². The lowest BCUT2D eigenvalue weighted by Gasteiger charge is -2.30. The minimum atomic E-state index is -3.97. The molecule has 0 radical (unpaired) electrons. The largest absolute Gasteiger partial charge is 0.444 e. The highest BCUT2D eigenvalue weighted by Gasteiger charge is 2.62. The molecular formula is C39H52FN5O10S. The van der Waals surface area contributed by atoms with Crippen LogP contribution in [0.15, 0.2) is 43.0 Å². The summed E-state index contributed by atoms with van der Waals surface area (Å²) < 4.78 is 53.1. The number of amides is 5. The van der Waals surface area contributed by atoms with Crippen molar-refractivity contribution in [2.45, 2.75) is 128 Å². The van der Waals surface area contributed by atoms with Crippen LogP contribution in [-0.2, 0) is 51.8 Å². The molecule has 2 saturated carbocycles. The van der Waals surface area contributed by atoms with E-state index in [-0.39, 0.29) is 56.5 Å². The summed E-state index contributed by atoms with van der Waals surface area (Å²) in [5.74, 6) is -3.96. The molecule has 1 aromatic rings. The summed E-state index contributed by atoms with van der Waals surface area (Å²) in [6.45, 7) is 14.1. The monoisotopic (exact) mass is 801 g/mol. The number of nitrogens with one attached hydrogen (secondary N) is 3. The van der Waals surface area contributed by atoms with E-state index in [4.69, 9.17) is 9.47 Å². The van der Waals surface area contributed by atoms with Gasteiger partial charge in [0.1, 0.15) is 35.1 Å². The van der Waals surface area contributed by atoms with Crippen molar-refractivity contribution in [1.29, 1.82) is 0 Å². The van der Waals surface area contributed by atoms with Crippen molar-refractivity contribution in [2.75, 3.05) is 6.54 Å². The number of nitrogens with zero attached hydrogens (tertiary/aromatic N) is 2. The van der Waals surface area contributed by atoms with Crippen LogP contribution in [0.2, 0.25) is 0 Å². The topological polar surface area (TPSA) is 198 Å². The average Bonchev–Trinajstić information content (AvgIpc) is 3.98. The minimum Gasteiger partial charge on any atom is -0.444 e. The molecule has 17 heteroatoms. The van der Waals surface area contributed by atoms with Crippen LogP contribution in [0.4, 0.5) is 14.0 Å². The first-order valence-electron chi connectivity index (χ1n) is 18.8. The van der Waals surface area contributed by atoms with Crippen LogP contribution < -0.4 is 15.4 Å². The van der Waals surface area contributed by atoms with Gasteiger partial charge in [-0.1, -0.05) is 45.1 Å². The van der Waals surface area contributed by atoms with E-state index in [1.165, 1.54) is 29.2 Å². The standard InChI is InChI=1S/C39H52FN5O10S/c1-8-24-19-39(24,34(49)43-56(52,53)27-13-14-27)42-32(47)31-18-26(54-36(51)44-20-23-10-9-11-29(40)28(23)22-44)21-45(31)33(48)30(41-35(50)55-38(5,6)7)15-12-25(46)16-17-37(2,3)4/h8-11,16-17,24,26-27,30-31H,1,12-15,18-22H2,2-7H3,(H,41,50)(H,42,47)(H,43,49)/t24-,26?,30+,31+,39-/m1/s1. The molecule has 2 heterocycles. The molecule has 2 aliphatic carbocycles. The highest BCUT2D eigenvalue weighted by molar-refractivity contribution is 7.91. The third-order valence-electron chi connectivity index (χ3n) is 9.99. The molecule has 15 nitrogen and oxygen atoms in total. The molecule has 5 atom stereocenters. The predicted molar refractivity (Wildman–Crippen MR) is 201 cm³/mol. The van der Waals surface area contributed by atoms with E-state index in [0.717, 1.165) is 4.90 Å². The van der Waals surface area contributed by atoms with Crippen LogP contribution in [0.25, 0.3) is 0 Å². The fraction of sp³-hybridized carbons (Fsp3) is 0.590. The maximum atomic E-state index is 14.5. The van der Waals surface area contributed by atoms with Crippen LogP contribution >= 0.6 is 0 Å². The van der Waals surface area contributed by atoms with Crippen molar-refractivity contribution in [3.63, 3.8) is 0 Å². The van der Waals surface area contributed by atoms with Crippen molar-refractivity contribution in [3.05, 3.63) is 60.0 Å². The van der Waals surface area contributed by atoms with Gasteiger partial charge >= 0.3 is 12.2 Å². The molecule has 56 heavy (non-hydrogen) atoms. The summed E-state index contributed by atoms with van der Waals surface area (Å²) in [5, 5.41) is 4.50. The summed E-state index contributed by atoms with van der Waals surface area (Å²) in [6, 6.07) is 1.77. The number of fused-ring (bicyclic) bond motifs is 1. The number of carbonyl (C=O) groups is 6. The Kier molecular flexibility index (Phi) is 12.1. The van der Waals surface area contributed by atoms with Crippen LogP contribution in [0.3, 0.4) is 0 Å². The van der Waals surface area contributed by atoms with Gasteiger partial charge in [0.2, 0.25) is 21.8 Å². The number of rotatable bonds is 13. The van der Waals surface area contributed by atoms with Crippen molar-refractivity contribution in [1.82, 2.24) is 25.2 Å². The molecule has 1 saturated heterocycles. The Morgan fingerprint density at radius 3 is 2.36 bits per heavy atom. The third kappa shape index (κ3) is 10.3. The van der Waals surface area contributed by atoms with Gasteiger partial charge in [0, 0.05) is 30.9 Å². The number of ketones is 1. The summed E-state index contributed by atoms with van der Waals surface area (Å²) in [4.78, 5) is 83.8. The van der Waals surface area contributed by atoms with Gasteiger partial charge in [-0.05, 0) is 69.6 Å². The van der Waals surface area contributed by atoms with Gasteiger partial charge in [0.05, 0.1) is 18.3 Å². The van der Waals surface area contributed by atoms with Gasteiger partial charge in [-0.25, -0.2) is 22.4 Å². The van der Waals surface area contributed by atoms with E-state index >= 15 is 0 Å². The maximum Gasteiger partial charge on any atom is 0.410 e. The van der Waals surface area contributed by atoms with Crippen molar-refractivity contribution in [2.24, 2.45) is 11.3 Å². The molecule has 1 unspecified atom stereocenters. The normalized spacial score (nSPS) is 23.9. The second kappa shape index (κ2) is 16.0. The van der Waals surface area contributed by atoms with E-state index in [0.29, 0.717) is 24.0 Å². The number of allylic oxidation sites excluding steroid dienone is 2. The lowest BCUT2D eigenvalue weighted by molar-refractivity contribution is -0.141. The Balaban J connectivity index is 1.39.